The van der Waals surface area contributed by atoms with E-state index in [1.54, 1.807) is 41.3 Å². The van der Waals surface area contributed by atoms with Crippen LogP contribution in [0.15, 0.2) is 71.7 Å². The second kappa shape index (κ2) is 8.92. The molecular weight excluding hydrogens is 479 g/mol. The third kappa shape index (κ3) is 4.58. The number of amidine groups is 1. The first kappa shape index (κ1) is 23.2. The number of ether oxygens (including phenoxy) is 1. The predicted molar refractivity (Wildman–Crippen MR) is 128 cm³/mol. The van der Waals surface area contributed by atoms with Crippen molar-refractivity contribution in [2.75, 3.05) is 19.6 Å². The van der Waals surface area contributed by atoms with Gasteiger partial charge < -0.3 is 14.5 Å². The molecule has 1 fully saturated rings. The van der Waals surface area contributed by atoms with Gasteiger partial charge in [0.1, 0.15) is 17.3 Å². The van der Waals surface area contributed by atoms with Gasteiger partial charge in [-0.3, -0.25) is 4.79 Å². The van der Waals surface area contributed by atoms with Crippen molar-refractivity contribution >= 4 is 29.0 Å². The maximum absolute atomic E-state index is 13.4. The molecule has 0 aromatic heterocycles. The standard InChI is InChI=1S/C26H21ClF3N3O2/c1-16-15-32(12-13-33(16)25(34)17-6-9-19(27)10-7-17)24-20-4-2-3-5-22(20)35-23-11-8-18(26(28,29)30)14-21(23)31-24/h2-11,14,16H,12-13,15H2,1H3/t16-/m1/s1. The summed E-state index contributed by atoms with van der Waals surface area (Å²) >= 11 is 5.94. The molecule has 0 bridgehead atoms. The Morgan fingerprint density at radius 2 is 1.77 bits per heavy atom. The monoisotopic (exact) mass is 499 g/mol. The van der Waals surface area contributed by atoms with Crippen LogP contribution in [-0.2, 0) is 6.18 Å². The van der Waals surface area contributed by atoms with Gasteiger partial charge in [-0.05, 0) is 61.5 Å². The molecule has 1 amide bonds. The predicted octanol–water partition coefficient (Wildman–Crippen LogP) is 6.39. The van der Waals surface area contributed by atoms with E-state index in [2.05, 4.69) is 4.99 Å². The Kier molecular flexibility index (Phi) is 5.92. The second-order valence-electron chi connectivity index (χ2n) is 8.51. The topological polar surface area (TPSA) is 45.1 Å². The van der Waals surface area contributed by atoms with Crippen LogP contribution in [0.5, 0.6) is 11.5 Å². The van der Waals surface area contributed by atoms with Crippen LogP contribution in [0.2, 0.25) is 5.02 Å². The number of carbonyl (C=O) groups is 1. The van der Waals surface area contributed by atoms with E-state index >= 15 is 0 Å². The zero-order valence-electron chi connectivity index (χ0n) is 18.7. The molecule has 3 aromatic carbocycles. The molecule has 5 nitrogen and oxygen atoms in total. The van der Waals surface area contributed by atoms with Gasteiger partial charge >= 0.3 is 6.18 Å². The number of benzene rings is 3. The number of nitrogens with zero attached hydrogens (tertiary/aromatic N) is 3. The van der Waals surface area contributed by atoms with Crippen molar-refractivity contribution in [1.29, 1.82) is 0 Å². The molecule has 35 heavy (non-hydrogen) atoms. The zero-order valence-corrected chi connectivity index (χ0v) is 19.5. The third-order valence-electron chi connectivity index (χ3n) is 6.14. The Morgan fingerprint density at radius 3 is 2.49 bits per heavy atom. The quantitative estimate of drug-likeness (QED) is 0.390. The molecule has 9 heteroatoms. The van der Waals surface area contributed by atoms with E-state index in [4.69, 9.17) is 16.3 Å². The van der Waals surface area contributed by atoms with Crippen LogP contribution >= 0.6 is 11.6 Å². The van der Waals surface area contributed by atoms with Gasteiger partial charge in [0.05, 0.1) is 11.1 Å². The summed E-state index contributed by atoms with van der Waals surface area (Å²) in [5.74, 6) is 1.19. The highest BCUT2D eigenvalue weighted by Gasteiger charge is 2.34. The van der Waals surface area contributed by atoms with E-state index < -0.39 is 11.7 Å². The molecule has 3 aromatic rings. The van der Waals surface area contributed by atoms with Crippen molar-refractivity contribution in [1.82, 2.24) is 9.80 Å². The Morgan fingerprint density at radius 1 is 1.03 bits per heavy atom. The molecule has 0 N–H and O–H groups in total. The second-order valence-corrected chi connectivity index (χ2v) is 8.95. The zero-order chi connectivity index (χ0) is 24.7. The fraction of sp³-hybridized carbons (Fsp3) is 0.231. The summed E-state index contributed by atoms with van der Waals surface area (Å²) in [7, 11) is 0. The lowest BCUT2D eigenvalue weighted by atomic mass is 10.1. The number of hydrogen-bond donors (Lipinski definition) is 0. The fourth-order valence-corrected chi connectivity index (χ4v) is 4.48. The number of alkyl halides is 3. The molecule has 0 radical (unpaired) electrons. The number of aliphatic imine (C=N–C) groups is 1. The molecule has 0 spiro atoms. The van der Waals surface area contributed by atoms with E-state index in [9.17, 15) is 18.0 Å². The molecule has 2 aliphatic heterocycles. The van der Waals surface area contributed by atoms with Gasteiger partial charge in [-0.15, -0.1) is 0 Å². The number of amides is 1. The first-order valence-electron chi connectivity index (χ1n) is 11.1. The van der Waals surface area contributed by atoms with Crippen LogP contribution in [0, 0.1) is 0 Å². The van der Waals surface area contributed by atoms with Gasteiger partial charge in [-0.2, -0.15) is 13.2 Å². The molecule has 0 saturated carbocycles. The summed E-state index contributed by atoms with van der Waals surface area (Å²) in [5, 5.41) is 0.556. The smallest absolute Gasteiger partial charge is 0.416 e. The van der Waals surface area contributed by atoms with Gasteiger partial charge in [0, 0.05) is 36.3 Å². The average molecular weight is 500 g/mol. The van der Waals surface area contributed by atoms with E-state index in [1.165, 1.54) is 6.07 Å². The third-order valence-corrected chi connectivity index (χ3v) is 6.39. The van der Waals surface area contributed by atoms with Crippen LogP contribution in [0.25, 0.3) is 0 Å². The molecule has 180 valence electrons. The summed E-state index contributed by atoms with van der Waals surface area (Å²) in [4.78, 5) is 21.5. The lowest BCUT2D eigenvalue weighted by molar-refractivity contribution is -0.137. The van der Waals surface area contributed by atoms with E-state index in [1.807, 2.05) is 24.0 Å². The van der Waals surface area contributed by atoms with Gasteiger partial charge in [-0.25, -0.2) is 4.99 Å². The molecule has 1 atom stereocenters. The van der Waals surface area contributed by atoms with Crippen LogP contribution in [0.1, 0.15) is 28.4 Å². The van der Waals surface area contributed by atoms with Crippen LogP contribution in [0.4, 0.5) is 18.9 Å². The number of hydrogen-bond acceptors (Lipinski definition) is 4. The van der Waals surface area contributed by atoms with E-state index in [0.29, 0.717) is 47.4 Å². The highest BCUT2D eigenvalue weighted by molar-refractivity contribution is 6.30. The van der Waals surface area contributed by atoms with Crippen LogP contribution in [0.3, 0.4) is 0 Å². The van der Waals surface area contributed by atoms with Crippen molar-refractivity contribution in [3.8, 4) is 11.5 Å². The first-order chi connectivity index (χ1) is 16.7. The highest BCUT2D eigenvalue weighted by atomic mass is 35.5. The molecule has 1 saturated heterocycles. The Balaban J connectivity index is 1.47. The molecule has 0 unspecified atom stereocenters. The summed E-state index contributed by atoms with van der Waals surface area (Å²) < 4.78 is 46.0. The maximum Gasteiger partial charge on any atom is 0.416 e. The van der Waals surface area contributed by atoms with Crippen molar-refractivity contribution in [3.63, 3.8) is 0 Å². The molecular formula is C26H21ClF3N3O2. The summed E-state index contributed by atoms with van der Waals surface area (Å²) in [6.07, 6.45) is -4.49. The molecule has 0 aliphatic carbocycles. The largest absolute Gasteiger partial charge is 0.454 e. The van der Waals surface area contributed by atoms with Crippen molar-refractivity contribution in [3.05, 3.63) is 88.4 Å². The minimum Gasteiger partial charge on any atom is -0.454 e. The minimum atomic E-state index is -4.49. The lowest BCUT2D eigenvalue weighted by Crippen LogP contribution is -2.55. The highest BCUT2D eigenvalue weighted by Crippen LogP contribution is 2.42. The van der Waals surface area contributed by atoms with Crippen molar-refractivity contribution < 1.29 is 22.7 Å². The maximum atomic E-state index is 13.4. The number of carbonyl (C=O) groups excluding carboxylic acids is 1. The van der Waals surface area contributed by atoms with Crippen LogP contribution in [-0.4, -0.2) is 47.2 Å². The average Bonchev–Trinajstić information content (AvgIpc) is 3.00. The SMILES string of the molecule is C[C@@H]1CN(C2=Nc3cc(C(F)(F)F)ccc3Oc3ccccc32)CCN1C(=O)c1ccc(Cl)cc1. The van der Waals surface area contributed by atoms with Crippen molar-refractivity contribution in [2.45, 2.75) is 19.1 Å². The van der Waals surface area contributed by atoms with E-state index in [0.717, 1.165) is 12.1 Å². The summed E-state index contributed by atoms with van der Waals surface area (Å²) in [6, 6.07) is 17.1. The molecule has 2 heterocycles. The Labute approximate surface area is 205 Å². The number of piperazine rings is 1. The summed E-state index contributed by atoms with van der Waals surface area (Å²) in [5.41, 5.74) is 0.551. The molecule has 5 rings (SSSR count). The normalized spacial score (nSPS) is 17.6. The van der Waals surface area contributed by atoms with Crippen LogP contribution < -0.4 is 4.74 Å². The summed E-state index contributed by atoms with van der Waals surface area (Å²) in [6.45, 7) is 3.29. The van der Waals surface area contributed by atoms with Gasteiger partial charge in [0.2, 0.25) is 0 Å². The number of rotatable bonds is 1. The van der Waals surface area contributed by atoms with E-state index in [-0.39, 0.29) is 23.4 Å². The number of para-hydroxylation sites is 1. The van der Waals surface area contributed by atoms with Gasteiger partial charge in [0.15, 0.2) is 5.75 Å². The first-order valence-corrected chi connectivity index (χ1v) is 11.5. The molecule has 2 aliphatic rings. The lowest BCUT2D eigenvalue weighted by Gasteiger charge is -2.41. The Hall–Kier alpha value is -3.52. The fourth-order valence-electron chi connectivity index (χ4n) is 4.35. The Bertz CT molecular complexity index is 1310. The van der Waals surface area contributed by atoms with Gasteiger partial charge in [0.25, 0.3) is 5.91 Å². The number of halogens is 4. The van der Waals surface area contributed by atoms with Crippen molar-refractivity contribution in [2.24, 2.45) is 4.99 Å². The van der Waals surface area contributed by atoms with Gasteiger partial charge in [-0.1, -0.05) is 23.7 Å². The minimum absolute atomic E-state index is 0.0967. The number of fused-ring (bicyclic) bond motifs is 2.